The Hall–Kier alpha value is -4.11. The van der Waals surface area contributed by atoms with Crippen molar-refractivity contribution in [2.24, 2.45) is 11.8 Å². The third-order valence-corrected chi connectivity index (χ3v) is 12.7. The molecular weight excluding hydrogens is 656 g/mol. The number of fused-ring (bicyclic) bond motifs is 6. The van der Waals surface area contributed by atoms with Gasteiger partial charge in [-0.15, -0.1) is 0 Å². The molecule has 4 aromatic rings. The number of rotatable bonds is 8. The van der Waals surface area contributed by atoms with Crippen LogP contribution < -0.4 is 10.6 Å². The van der Waals surface area contributed by atoms with Gasteiger partial charge in [-0.25, -0.2) is 0 Å². The largest absolute Gasteiger partial charge is 0.343 e. The van der Waals surface area contributed by atoms with Crippen molar-refractivity contribution < 1.29 is 9.59 Å². The second-order valence-corrected chi connectivity index (χ2v) is 15.5. The third kappa shape index (κ3) is 7.19. The molecule has 4 bridgehead atoms. The third-order valence-electron chi connectivity index (χ3n) is 12.4. The number of hydrogen-bond donors (Lipinski definition) is 2. The molecule has 0 spiro atoms. The smallest absolute Gasteiger partial charge is 0.254 e. The molecule has 266 valence electrons. The lowest BCUT2D eigenvalue weighted by molar-refractivity contribution is -0.0404. The van der Waals surface area contributed by atoms with Gasteiger partial charge < -0.3 is 10.6 Å². The molecule has 8 nitrogen and oxygen atoms in total. The minimum absolute atomic E-state index is 0.00680. The number of aromatic nitrogens is 2. The van der Waals surface area contributed by atoms with Gasteiger partial charge in [0.25, 0.3) is 11.8 Å². The van der Waals surface area contributed by atoms with Crippen molar-refractivity contribution in [3.8, 4) is 0 Å². The lowest BCUT2D eigenvalue weighted by Gasteiger charge is -2.57. The van der Waals surface area contributed by atoms with Crippen molar-refractivity contribution in [1.29, 1.82) is 0 Å². The van der Waals surface area contributed by atoms with Crippen molar-refractivity contribution in [2.75, 3.05) is 27.2 Å². The molecule has 2 unspecified atom stereocenters. The van der Waals surface area contributed by atoms with Crippen LogP contribution in [-0.2, 0) is 0 Å². The maximum Gasteiger partial charge on any atom is 0.254 e. The van der Waals surface area contributed by atoms with Gasteiger partial charge in [-0.05, 0) is 107 Å². The standard InChI is InChI=1S/C21H24ClN3O.C21H25N3O/c1-25-14-15-7-10-21(25,11-8-15)19(16-5-3-2-4-6-16)24-20(26)17-13-23-12-9-18(17)22;1-24-15-16-9-11-21(24,12-10-16)19(17-6-3-2-4-7-17)23-20(25)18-8-5-13-22-14-18/h2-6,9,12-13,15,19H,7-8,10-11,14H2,1H3,(H,24,26);2-8,13-14,16,19H,9-12,15H2,1H3,(H,23,25). The number of benzene rings is 2. The quantitative estimate of drug-likeness (QED) is 0.197. The summed E-state index contributed by atoms with van der Waals surface area (Å²) in [5.74, 6) is 1.41. The Kier molecular flexibility index (Phi) is 10.6. The van der Waals surface area contributed by atoms with Gasteiger partial charge in [0, 0.05) is 49.0 Å². The van der Waals surface area contributed by atoms with Crippen molar-refractivity contribution in [2.45, 2.75) is 74.5 Å². The normalized spacial score (nSPS) is 26.7. The fourth-order valence-electron chi connectivity index (χ4n) is 9.45. The van der Waals surface area contributed by atoms with E-state index in [9.17, 15) is 9.59 Å². The predicted octanol–water partition coefficient (Wildman–Crippen LogP) is 7.51. The van der Waals surface area contributed by atoms with Crippen molar-refractivity contribution in [3.05, 3.63) is 131 Å². The van der Waals surface area contributed by atoms with Gasteiger partial charge in [-0.1, -0.05) is 72.3 Å². The molecule has 2 saturated carbocycles. The lowest BCUT2D eigenvalue weighted by atomic mass is 9.66. The molecule has 0 radical (unpaired) electrons. The van der Waals surface area contributed by atoms with Crippen LogP contribution in [-0.4, -0.2) is 69.8 Å². The highest BCUT2D eigenvalue weighted by Gasteiger charge is 2.51. The van der Waals surface area contributed by atoms with E-state index in [1.165, 1.54) is 31.2 Å². The van der Waals surface area contributed by atoms with Crippen molar-refractivity contribution >= 4 is 23.4 Å². The molecule has 10 rings (SSSR count). The average Bonchev–Trinajstić information content (AvgIpc) is 3.18. The van der Waals surface area contributed by atoms with Gasteiger partial charge in [-0.2, -0.15) is 0 Å². The Labute approximate surface area is 307 Å². The van der Waals surface area contributed by atoms with Gasteiger partial charge in [0.15, 0.2) is 0 Å². The van der Waals surface area contributed by atoms with E-state index in [-0.39, 0.29) is 35.0 Å². The summed E-state index contributed by atoms with van der Waals surface area (Å²) in [5.41, 5.74) is 3.35. The minimum atomic E-state index is -0.160. The van der Waals surface area contributed by atoms with E-state index in [0.29, 0.717) is 16.1 Å². The lowest BCUT2D eigenvalue weighted by Crippen LogP contribution is -2.62. The van der Waals surface area contributed by atoms with E-state index >= 15 is 0 Å². The molecule has 2 aromatic carbocycles. The predicted molar refractivity (Wildman–Crippen MR) is 201 cm³/mol. The molecule has 6 heterocycles. The van der Waals surface area contributed by atoms with E-state index in [2.05, 4.69) is 80.9 Å². The van der Waals surface area contributed by atoms with Crippen LogP contribution in [0.2, 0.25) is 5.02 Å². The van der Waals surface area contributed by atoms with Crippen LogP contribution in [0.15, 0.2) is 104 Å². The van der Waals surface area contributed by atoms with Crippen LogP contribution in [0.3, 0.4) is 0 Å². The molecule has 4 saturated heterocycles. The van der Waals surface area contributed by atoms with E-state index in [0.717, 1.165) is 56.2 Å². The number of likely N-dealkylation sites (N-methyl/N-ethyl adjacent to an activating group) is 2. The molecule has 2 aromatic heterocycles. The average molecular weight is 705 g/mol. The first-order chi connectivity index (χ1) is 24.8. The monoisotopic (exact) mass is 704 g/mol. The maximum atomic E-state index is 13.0. The fourth-order valence-corrected chi connectivity index (χ4v) is 9.64. The molecule has 6 fully saturated rings. The van der Waals surface area contributed by atoms with Crippen LogP contribution in [0.1, 0.15) is 95.3 Å². The van der Waals surface area contributed by atoms with Crippen LogP contribution in [0.4, 0.5) is 0 Å². The highest BCUT2D eigenvalue weighted by Crippen LogP contribution is 2.50. The highest BCUT2D eigenvalue weighted by atomic mass is 35.5. The van der Waals surface area contributed by atoms with Crippen LogP contribution in [0, 0.1) is 11.8 Å². The first-order valence-corrected chi connectivity index (χ1v) is 18.8. The number of amides is 2. The topological polar surface area (TPSA) is 90.5 Å². The Balaban J connectivity index is 0.000000159. The number of carbonyl (C=O) groups excluding carboxylic acids is 2. The molecule has 9 heteroatoms. The van der Waals surface area contributed by atoms with E-state index < -0.39 is 0 Å². The molecule has 2 aliphatic carbocycles. The highest BCUT2D eigenvalue weighted by molar-refractivity contribution is 6.33. The summed E-state index contributed by atoms with van der Waals surface area (Å²) in [6, 6.07) is 25.9. The zero-order valence-electron chi connectivity index (χ0n) is 29.7. The number of nitrogens with zero attached hydrogens (tertiary/aromatic N) is 4. The Morgan fingerprint density at radius 3 is 1.61 bits per heavy atom. The van der Waals surface area contributed by atoms with E-state index in [4.69, 9.17) is 11.6 Å². The molecule has 6 aliphatic rings. The Morgan fingerprint density at radius 1 is 0.667 bits per heavy atom. The van der Waals surface area contributed by atoms with Gasteiger partial charge in [0.1, 0.15) is 0 Å². The second kappa shape index (κ2) is 15.2. The number of pyridine rings is 2. The molecule has 2 atom stereocenters. The summed E-state index contributed by atoms with van der Waals surface area (Å²) in [6.07, 6.45) is 15.9. The number of hydrogen-bond acceptors (Lipinski definition) is 6. The van der Waals surface area contributed by atoms with Crippen LogP contribution in [0.25, 0.3) is 0 Å². The first-order valence-electron chi connectivity index (χ1n) is 18.4. The summed E-state index contributed by atoms with van der Waals surface area (Å²) < 4.78 is 0. The van der Waals surface area contributed by atoms with Crippen LogP contribution in [0.5, 0.6) is 0 Å². The molecular formula is C42H49ClN6O2. The van der Waals surface area contributed by atoms with Crippen LogP contribution >= 0.6 is 11.6 Å². The van der Waals surface area contributed by atoms with Crippen molar-refractivity contribution in [3.63, 3.8) is 0 Å². The van der Waals surface area contributed by atoms with Gasteiger partial charge in [0.05, 0.1) is 28.2 Å². The van der Waals surface area contributed by atoms with E-state index in [1.54, 1.807) is 30.9 Å². The SMILES string of the molecule is CN1CC2CCC1(C(NC(=O)c1cccnc1)c1ccccc1)CC2.CN1CC2CCC1(C(NC(=O)c1cnccc1Cl)c1ccccc1)CC2. The van der Waals surface area contributed by atoms with Crippen molar-refractivity contribution in [1.82, 2.24) is 30.4 Å². The summed E-state index contributed by atoms with van der Waals surface area (Å²) in [5, 5.41) is 7.08. The van der Waals surface area contributed by atoms with Gasteiger partial charge in [0.2, 0.25) is 0 Å². The number of nitrogens with one attached hydrogen (secondary N) is 2. The maximum absolute atomic E-state index is 13.0. The van der Waals surface area contributed by atoms with Gasteiger partial charge >= 0.3 is 0 Å². The van der Waals surface area contributed by atoms with Gasteiger partial charge in [-0.3, -0.25) is 29.4 Å². The summed E-state index contributed by atoms with van der Waals surface area (Å²) in [7, 11) is 4.42. The molecule has 4 aliphatic heterocycles. The summed E-state index contributed by atoms with van der Waals surface area (Å²) in [6.45, 7) is 2.24. The molecule has 51 heavy (non-hydrogen) atoms. The number of carbonyl (C=O) groups is 2. The summed E-state index contributed by atoms with van der Waals surface area (Å²) >= 11 is 6.23. The second-order valence-electron chi connectivity index (χ2n) is 15.1. The first kappa shape index (κ1) is 35.3. The fraction of sp³-hybridized carbons (Fsp3) is 0.429. The zero-order valence-corrected chi connectivity index (χ0v) is 30.4. The Morgan fingerprint density at radius 2 is 1.16 bits per heavy atom. The number of halogens is 1. The minimum Gasteiger partial charge on any atom is -0.343 e. The molecule has 2 N–H and O–H groups in total. The van der Waals surface area contributed by atoms with E-state index in [1.807, 2.05) is 36.4 Å². The zero-order chi connectivity index (χ0) is 35.4. The summed E-state index contributed by atoms with van der Waals surface area (Å²) in [4.78, 5) is 39.0. The Bertz CT molecular complexity index is 1780. The number of piperidine rings is 4. The molecule has 2 amide bonds.